The van der Waals surface area contributed by atoms with Crippen LogP contribution in [0, 0.1) is 0 Å². The van der Waals surface area contributed by atoms with Gasteiger partial charge in [-0.3, -0.25) is 4.98 Å². The molecule has 1 heterocycles. The molecule has 0 aliphatic carbocycles. The van der Waals surface area contributed by atoms with E-state index in [0.717, 1.165) is 10.8 Å². The van der Waals surface area contributed by atoms with Crippen molar-refractivity contribution in [1.29, 1.82) is 0 Å². The van der Waals surface area contributed by atoms with E-state index in [9.17, 15) is 0 Å². The molecule has 1 atom stereocenters. The van der Waals surface area contributed by atoms with Crippen LogP contribution in [0.2, 0.25) is 0 Å². The zero-order valence-electron chi connectivity index (χ0n) is 8.07. The normalized spacial score (nSPS) is 13.0. The number of hydrogen-bond donors (Lipinski definition) is 0. The molecule has 0 saturated carbocycles. The minimum Gasteiger partial charge on any atom is -0.256 e. The molecule has 0 saturated heterocycles. The maximum Gasteiger partial charge on any atom is 0.0704 e. The number of benzene rings is 1. The first-order chi connectivity index (χ1) is 6.83. The maximum absolute atomic E-state index is 4.34. The van der Waals surface area contributed by atoms with Crippen LogP contribution in [-0.4, -0.2) is 10.3 Å². The average molecular weight is 250 g/mol. The summed E-state index contributed by atoms with van der Waals surface area (Å²) >= 11 is 3.52. The molecule has 2 rings (SSSR count). The molecule has 0 N–H and O–H groups in total. The molecule has 14 heavy (non-hydrogen) atoms. The van der Waals surface area contributed by atoms with Crippen molar-refractivity contribution in [3.05, 3.63) is 42.1 Å². The Labute approximate surface area is 92.3 Å². The van der Waals surface area contributed by atoms with Gasteiger partial charge in [0.2, 0.25) is 0 Å². The minimum atomic E-state index is 0.530. The molecule has 72 valence electrons. The third kappa shape index (κ3) is 1.67. The number of hydrogen-bond acceptors (Lipinski definition) is 1. The lowest BCUT2D eigenvalue weighted by Gasteiger charge is -2.10. The fourth-order valence-corrected chi connectivity index (χ4v) is 1.98. The SMILES string of the molecule is CC(CBr)c1ccnc2ccccc12. The Balaban J connectivity index is 2.65. The molecule has 1 nitrogen and oxygen atoms in total. The molecule has 0 spiro atoms. The van der Waals surface area contributed by atoms with Crippen molar-refractivity contribution >= 4 is 26.8 Å². The summed E-state index contributed by atoms with van der Waals surface area (Å²) in [5, 5.41) is 2.25. The van der Waals surface area contributed by atoms with Crippen molar-refractivity contribution in [2.75, 3.05) is 5.33 Å². The second kappa shape index (κ2) is 4.09. The predicted molar refractivity (Wildman–Crippen MR) is 64.0 cm³/mol. The van der Waals surface area contributed by atoms with E-state index in [-0.39, 0.29) is 0 Å². The largest absolute Gasteiger partial charge is 0.256 e. The Morgan fingerprint density at radius 3 is 2.86 bits per heavy atom. The van der Waals surface area contributed by atoms with E-state index in [0.29, 0.717) is 5.92 Å². The molecule has 0 radical (unpaired) electrons. The number of halogens is 1. The summed E-state index contributed by atoms with van der Waals surface area (Å²) in [5.74, 6) is 0.530. The topological polar surface area (TPSA) is 12.9 Å². The molecule has 1 aromatic heterocycles. The molecule has 1 unspecified atom stereocenters. The monoisotopic (exact) mass is 249 g/mol. The van der Waals surface area contributed by atoms with Crippen molar-refractivity contribution in [3.8, 4) is 0 Å². The van der Waals surface area contributed by atoms with Crippen LogP contribution in [0.15, 0.2) is 36.5 Å². The lowest BCUT2D eigenvalue weighted by atomic mass is 9.99. The average Bonchev–Trinajstić information content (AvgIpc) is 2.27. The molecule has 0 aliphatic rings. The molecular formula is C12H12BrN. The van der Waals surface area contributed by atoms with E-state index in [1.165, 1.54) is 10.9 Å². The number of para-hydroxylation sites is 1. The Hall–Kier alpha value is -0.890. The van der Waals surface area contributed by atoms with Crippen LogP contribution in [0.5, 0.6) is 0 Å². The molecular weight excluding hydrogens is 238 g/mol. The van der Waals surface area contributed by atoms with Gasteiger partial charge in [0.1, 0.15) is 0 Å². The van der Waals surface area contributed by atoms with Gasteiger partial charge in [-0.25, -0.2) is 0 Å². The van der Waals surface area contributed by atoms with E-state index < -0.39 is 0 Å². The van der Waals surface area contributed by atoms with Crippen LogP contribution in [-0.2, 0) is 0 Å². The first-order valence-corrected chi connectivity index (χ1v) is 5.84. The highest BCUT2D eigenvalue weighted by atomic mass is 79.9. The number of alkyl halides is 1. The highest BCUT2D eigenvalue weighted by Crippen LogP contribution is 2.24. The lowest BCUT2D eigenvalue weighted by Crippen LogP contribution is -1.96. The van der Waals surface area contributed by atoms with Crippen LogP contribution in [0.4, 0.5) is 0 Å². The number of fused-ring (bicyclic) bond motifs is 1. The maximum atomic E-state index is 4.34. The summed E-state index contributed by atoms with van der Waals surface area (Å²) in [6.07, 6.45) is 1.89. The summed E-state index contributed by atoms with van der Waals surface area (Å²) in [7, 11) is 0. The van der Waals surface area contributed by atoms with Crippen molar-refractivity contribution in [3.63, 3.8) is 0 Å². The number of aromatic nitrogens is 1. The molecule has 0 bridgehead atoms. The van der Waals surface area contributed by atoms with Crippen LogP contribution in [0.1, 0.15) is 18.4 Å². The van der Waals surface area contributed by atoms with E-state index in [2.05, 4.69) is 52.1 Å². The van der Waals surface area contributed by atoms with E-state index in [1.54, 1.807) is 0 Å². The van der Waals surface area contributed by atoms with Crippen molar-refractivity contribution in [1.82, 2.24) is 4.98 Å². The first-order valence-electron chi connectivity index (χ1n) is 4.72. The van der Waals surface area contributed by atoms with E-state index in [1.807, 2.05) is 12.3 Å². The predicted octanol–water partition coefficient (Wildman–Crippen LogP) is 3.73. The van der Waals surface area contributed by atoms with Crippen LogP contribution in [0.25, 0.3) is 10.9 Å². The molecule has 2 heteroatoms. The smallest absolute Gasteiger partial charge is 0.0704 e. The number of rotatable bonds is 2. The molecule has 0 amide bonds. The molecule has 1 aromatic carbocycles. The lowest BCUT2D eigenvalue weighted by molar-refractivity contribution is 0.896. The highest BCUT2D eigenvalue weighted by molar-refractivity contribution is 9.09. The fourth-order valence-electron chi connectivity index (χ4n) is 1.63. The molecule has 0 fully saturated rings. The van der Waals surface area contributed by atoms with E-state index in [4.69, 9.17) is 0 Å². The quantitative estimate of drug-likeness (QED) is 0.740. The Bertz CT molecular complexity index is 434. The van der Waals surface area contributed by atoms with Crippen LogP contribution in [0.3, 0.4) is 0 Å². The fraction of sp³-hybridized carbons (Fsp3) is 0.250. The summed E-state index contributed by atoms with van der Waals surface area (Å²) in [5.41, 5.74) is 2.45. The summed E-state index contributed by atoms with van der Waals surface area (Å²) < 4.78 is 0. The van der Waals surface area contributed by atoms with Gasteiger partial charge in [0.05, 0.1) is 5.52 Å². The van der Waals surface area contributed by atoms with Crippen molar-refractivity contribution in [2.45, 2.75) is 12.8 Å². The van der Waals surface area contributed by atoms with Gasteiger partial charge >= 0.3 is 0 Å². The Kier molecular flexibility index (Phi) is 2.82. The second-order valence-corrected chi connectivity index (χ2v) is 4.12. The van der Waals surface area contributed by atoms with Crippen LogP contribution < -0.4 is 0 Å². The molecule has 2 aromatic rings. The second-order valence-electron chi connectivity index (χ2n) is 3.47. The number of nitrogens with zero attached hydrogens (tertiary/aromatic N) is 1. The minimum absolute atomic E-state index is 0.530. The van der Waals surface area contributed by atoms with Gasteiger partial charge in [-0.05, 0) is 23.6 Å². The van der Waals surface area contributed by atoms with Crippen molar-refractivity contribution < 1.29 is 0 Å². The first kappa shape index (κ1) is 9.66. The van der Waals surface area contributed by atoms with Gasteiger partial charge in [-0.1, -0.05) is 41.1 Å². The van der Waals surface area contributed by atoms with Gasteiger partial charge in [-0.15, -0.1) is 0 Å². The van der Waals surface area contributed by atoms with Gasteiger partial charge in [0.15, 0.2) is 0 Å². The van der Waals surface area contributed by atoms with Gasteiger partial charge in [-0.2, -0.15) is 0 Å². The Morgan fingerprint density at radius 2 is 2.07 bits per heavy atom. The third-order valence-corrected chi connectivity index (χ3v) is 3.42. The van der Waals surface area contributed by atoms with Gasteiger partial charge in [0, 0.05) is 16.9 Å². The van der Waals surface area contributed by atoms with Gasteiger partial charge < -0.3 is 0 Å². The van der Waals surface area contributed by atoms with E-state index >= 15 is 0 Å². The Morgan fingerprint density at radius 1 is 1.29 bits per heavy atom. The zero-order chi connectivity index (χ0) is 9.97. The van der Waals surface area contributed by atoms with Crippen molar-refractivity contribution in [2.24, 2.45) is 0 Å². The summed E-state index contributed by atoms with van der Waals surface area (Å²) in [6, 6.07) is 10.4. The summed E-state index contributed by atoms with van der Waals surface area (Å²) in [4.78, 5) is 4.34. The van der Waals surface area contributed by atoms with Crippen LogP contribution >= 0.6 is 15.9 Å². The standard InChI is InChI=1S/C12H12BrN/c1-9(8-13)10-6-7-14-12-5-3-2-4-11(10)12/h2-7,9H,8H2,1H3. The summed E-state index contributed by atoms with van der Waals surface area (Å²) in [6.45, 7) is 2.22. The third-order valence-electron chi connectivity index (χ3n) is 2.45. The highest BCUT2D eigenvalue weighted by Gasteiger charge is 2.07. The zero-order valence-corrected chi connectivity index (χ0v) is 9.66. The number of pyridine rings is 1. The van der Waals surface area contributed by atoms with Gasteiger partial charge in [0.25, 0.3) is 0 Å². The molecule has 0 aliphatic heterocycles.